The van der Waals surface area contributed by atoms with Crippen LogP contribution in [-0.4, -0.2) is 6.61 Å². The molecular formula is C16H19ClO. The third kappa shape index (κ3) is 2.97. The fourth-order valence-corrected chi connectivity index (χ4v) is 2.27. The Labute approximate surface area is 114 Å². The van der Waals surface area contributed by atoms with Crippen LogP contribution in [0.15, 0.2) is 36.4 Å². The summed E-state index contributed by atoms with van der Waals surface area (Å²) in [4.78, 5) is 0. The summed E-state index contributed by atoms with van der Waals surface area (Å²) >= 11 is 6.07. The van der Waals surface area contributed by atoms with Crippen LogP contribution in [0.5, 0.6) is 5.75 Å². The molecule has 2 rings (SSSR count). The lowest BCUT2D eigenvalue weighted by atomic mass is 10.0. The highest BCUT2D eigenvalue weighted by Gasteiger charge is 2.07. The van der Waals surface area contributed by atoms with E-state index in [-0.39, 0.29) is 0 Å². The van der Waals surface area contributed by atoms with Gasteiger partial charge in [-0.1, -0.05) is 44.2 Å². The van der Waals surface area contributed by atoms with Crippen LogP contribution in [0.25, 0.3) is 10.8 Å². The molecule has 18 heavy (non-hydrogen) atoms. The van der Waals surface area contributed by atoms with E-state index in [0.29, 0.717) is 11.8 Å². The van der Waals surface area contributed by atoms with Gasteiger partial charge in [0.05, 0.1) is 12.5 Å². The summed E-state index contributed by atoms with van der Waals surface area (Å²) in [7, 11) is 0. The molecule has 0 N–H and O–H groups in total. The van der Waals surface area contributed by atoms with Gasteiger partial charge in [-0.15, -0.1) is 11.6 Å². The minimum absolute atomic E-state index is 0.484. The van der Waals surface area contributed by atoms with E-state index in [9.17, 15) is 0 Å². The standard InChI is InChI=1S/C16H19ClO/c1-12(2)9-10-18-16-8-7-13-5-3-4-6-14(13)15(16)11-17/h3-8,12H,9-11H2,1-2H3. The van der Waals surface area contributed by atoms with Crippen LogP contribution in [-0.2, 0) is 5.88 Å². The van der Waals surface area contributed by atoms with Crippen molar-refractivity contribution in [2.45, 2.75) is 26.1 Å². The first kappa shape index (κ1) is 13.2. The fourth-order valence-electron chi connectivity index (χ4n) is 1.99. The molecule has 0 heterocycles. The smallest absolute Gasteiger partial charge is 0.124 e. The number of fused-ring (bicyclic) bond motifs is 1. The molecule has 0 spiro atoms. The Morgan fingerprint density at radius 3 is 2.61 bits per heavy atom. The van der Waals surface area contributed by atoms with E-state index in [1.54, 1.807) is 0 Å². The first-order valence-corrected chi connectivity index (χ1v) is 6.95. The van der Waals surface area contributed by atoms with E-state index >= 15 is 0 Å². The van der Waals surface area contributed by atoms with Crippen LogP contribution in [0.4, 0.5) is 0 Å². The average molecular weight is 263 g/mol. The van der Waals surface area contributed by atoms with Crippen molar-refractivity contribution in [3.05, 3.63) is 42.0 Å². The van der Waals surface area contributed by atoms with Gasteiger partial charge in [0.1, 0.15) is 5.75 Å². The number of hydrogen-bond acceptors (Lipinski definition) is 1. The normalized spacial score (nSPS) is 11.1. The van der Waals surface area contributed by atoms with Crippen LogP contribution < -0.4 is 4.74 Å². The molecule has 0 unspecified atom stereocenters. The number of hydrogen-bond donors (Lipinski definition) is 0. The molecule has 2 aromatic rings. The van der Waals surface area contributed by atoms with Crippen molar-refractivity contribution < 1.29 is 4.74 Å². The monoisotopic (exact) mass is 262 g/mol. The maximum absolute atomic E-state index is 6.07. The number of rotatable bonds is 5. The van der Waals surface area contributed by atoms with E-state index in [1.807, 2.05) is 18.2 Å². The molecule has 0 amide bonds. The Hall–Kier alpha value is -1.21. The average Bonchev–Trinajstić information content (AvgIpc) is 2.38. The molecule has 0 saturated heterocycles. The fraction of sp³-hybridized carbons (Fsp3) is 0.375. The van der Waals surface area contributed by atoms with Crippen molar-refractivity contribution >= 4 is 22.4 Å². The SMILES string of the molecule is CC(C)CCOc1ccc2ccccc2c1CCl. The van der Waals surface area contributed by atoms with Gasteiger partial charge in [-0.3, -0.25) is 0 Å². The van der Waals surface area contributed by atoms with E-state index in [1.165, 1.54) is 10.8 Å². The maximum Gasteiger partial charge on any atom is 0.124 e. The third-order valence-corrected chi connectivity index (χ3v) is 3.35. The molecular weight excluding hydrogens is 244 g/mol. The van der Waals surface area contributed by atoms with Gasteiger partial charge in [-0.05, 0) is 29.2 Å². The minimum Gasteiger partial charge on any atom is -0.493 e. The number of halogens is 1. The van der Waals surface area contributed by atoms with Gasteiger partial charge in [-0.25, -0.2) is 0 Å². The van der Waals surface area contributed by atoms with E-state index in [2.05, 4.69) is 32.0 Å². The van der Waals surface area contributed by atoms with Gasteiger partial charge in [0.15, 0.2) is 0 Å². The molecule has 96 valence electrons. The summed E-state index contributed by atoms with van der Waals surface area (Å²) in [5, 5.41) is 2.40. The number of ether oxygens (including phenoxy) is 1. The van der Waals surface area contributed by atoms with E-state index in [4.69, 9.17) is 16.3 Å². The second kappa shape index (κ2) is 6.10. The molecule has 0 aliphatic carbocycles. The van der Waals surface area contributed by atoms with Crippen molar-refractivity contribution in [2.24, 2.45) is 5.92 Å². The van der Waals surface area contributed by atoms with Gasteiger partial charge in [0.25, 0.3) is 0 Å². The summed E-state index contributed by atoms with van der Waals surface area (Å²) in [6, 6.07) is 12.4. The topological polar surface area (TPSA) is 9.23 Å². The highest BCUT2D eigenvalue weighted by atomic mass is 35.5. The zero-order chi connectivity index (χ0) is 13.0. The summed E-state index contributed by atoms with van der Waals surface area (Å²) < 4.78 is 5.86. The lowest BCUT2D eigenvalue weighted by molar-refractivity contribution is 0.288. The van der Waals surface area contributed by atoms with Crippen molar-refractivity contribution in [3.63, 3.8) is 0 Å². The Balaban J connectivity index is 2.27. The zero-order valence-corrected chi connectivity index (χ0v) is 11.7. The molecule has 2 aromatic carbocycles. The van der Waals surface area contributed by atoms with Crippen molar-refractivity contribution in [1.82, 2.24) is 0 Å². The van der Waals surface area contributed by atoms with Crippen molar-refractivity contribution in [3.8, 4) is 5.75 Å². The Morgan fingerprint density at radius 1 is 1.11 bits per heavy atom. The van der Waals surface area contributed by atoms with Gasteiger partial charge in [0.2, 0.25) is 0 Å². The summed E-state index contributed by atoms with van der Waals surface area (Å²) in [6.45, 7) is 5.15. The van der Waals surface area contributed by atoms with E-state index < -0.39 is 0 Å². The highest BCUT2D eigenvalue weighted by Crippen LogP contribution is 2.29. The van der Waals surface area contributed by atoms with Gasteiger partial charge < -0.3 is 4.74 Å². The lowest BCUT2D eigenvalue weighted by Gasteiger charge is -2.13. The highest BCUT2D eigenvalue weighted by molar-refractivity contribution is 6.18. The second-order valence-corrected chi connectivity index (χ2v) is 5.20. The lowest BCUT2D eigenvalue weighted by Crippen LogP contribution is -2.03. The molecule has 1 nitrogen and oxygen atoms in total. The third-order valence-electron chi connectivity index (χ3n) is 3.08. The Morgan fingerprint density at radius 2 is 1.89 bits per heavy atom. The van der Waals surface area contributed by atoms with E-state index in [0.717, 1.165) is 24.3 Å². The molecule has 0 bridgehead atoms. The van der Waals surface area contributed by atoms with Crippen molar-refractivity contribution in [1.29, 1.82) is 0 Å². The zero-order valence-electron chi connectivity index (χ0n) is 10.9. The second-order valence-electron chi connectivity index (χ2n) is 4.93. The molecule has 0 fully saturated rings. The van der Waals surface area contributed by atoms with Crippen LogP contribution >= 0.6 is 11.6 Å². The number of benzene rings is 2. The molecule has 0 saturated carbocycles. The van der Waals surface area contributed by atoms with Gasteiger partial charge >= 0.3 is 0 Å². The summed E-state index contributed by atoms with van der Waals surface area (Å²) in [5.74, 6) is 2.06. The quantitative estimate of drug-likeness (QED) is 0.689. The Bertz CT molecular complexity index is 519. The molecule has 0 aromatic heterocycles. The molecule has 2 heteroatoms. The minimum atomic E-state index is 0.484. The first-order chi connectivity index (χ1) is 8.72. The molecule has 0 aliphatic rings. The Kier molecular flexibility index (Phi) is 4.48. The largest absolute Gasteiger partial charge is 0.493 e. The van der Waals surface area contributed by atoms with Crippen LogP contribution in [0.2, 0.25) is 0 Å². The van der Waals surface area contributed by atoms with Crippen LogP contribution in [0, 0.1) is 5.92 Å². The van der Waals surface area contributed by atoms with Gasteiger partial charge in [0, 0.05) is 5.56 Å². The predicted molar refractivity (Wildman–Crippen MR) is 78.5 cm³/mol. The summed E-state index contributed by atoms with van der Waals surface area (Å²) in [5.41, 5.74) is 1.10. The summed E-state index contributed by atoms with van der Waals surface area (Å²) in [6.07, 6.45) is 1.06. The predicted octanol–water partition coefficient (Wildman–Crippen LogP) is 5.00. The maximum atomic E-state index is 6.07. The van der Waals surface area contributed by atoms with Gasteiger partial charge in [-0.2, -0.15) is 0 Å². The molecule has 0 radical (unpaired) electrons. The van der Waals surface area contributed by atoms with Crippen LogP contribution in [0.3, 0.4) is 0 Å². The van der Waals surface area contributed by atoms with Crippen LogP contribution in [0.1, 0.15) is 25.8 Å². The molecule has 0 atom stereocenters. The van der Waals surface area contributed by atoms with Crippen molar-refractivity contribution in [2.75, 3.05) is 6.61 Å². The first-order valence-electron chi connectivity index (χ1n) is 6.41. The molecule has 0 aliphatic heterocycles. The number of alkyl halides is 1.